The first kappa shape index (κ1) is 22.4. The number of nitrogens with zero attached hydrogens (tertiary/aromatic N) is 1. The summed E-state index contributed by atoms with van der Waals surface area (Å²) in [7, 11) is -1.80. The fourth-order valence-corrected chi connectivity index (χ4v) is 2.64. The average Bonchev–Trinajstić information content (AvgIpc) is 2.29. The van der Waals surface area contributed by atoms with E-state index in [1.165, 1.54) is 0 Å². The summed E-state index contributed by atoms with van der Waals surface area (Å²) in [4.78, 5) is 14.1. The Labute approximate surface area is 144 Å². The summed E-state index contributed by atoms with van der Waals surface area (Å²) in [5.41, 5.74) is 5.32. The Hall–Kier alpha value is -0.593. The molecule has 0 fully saturated rings. The fraction of sp³-hybridized carbons (Fsp3) is 0.941. The second kappa shape index (κ2) is 8.49. The van der Waals surface area contributed by atoms with Crippen LogP contribution in [0.15, 0.2) is 0 Å². The summed E-state index contributed by atoms with van der Waals surface area (Å²) < 4.78 is 11.7. The summed E-state index contributed by atoms with van der Waals surface area (Å²) >= 11 is 0. The van der Waals surface area contributed by atoms with Crippen LogP contribution < -0.4 is 5.73 Å². The molecule has 0 heterocycles. The molecule has 5 nitrogen and oxygen atoms in total. The van der Waals surface area contributed by atoms with Gasteiger partial charge in [0.15, 0.2) is 8.32 Å². The molecule has 0 aromatic heterocycles. The molecule has 0 aliphatic carbocycles. The van der Waals surface area contributed by atoms with Crippen LogP contribution >= 0.6 is 0 Å². The van der Waals surface area contributed by atoms with E-state index in [1.807, 2.05) is 27.7 Å². The van der Waals surface area contributed by atoms with Gasteiger partial charge in [0.25, 0.3) is 0 Å². The average molecular weight is 347 g/mol. The van der Waals surface area contributed by atoms with E-state index < -0.39 is 13.9 Å². The lowest BCUT2D eigenvalue weighted by Crippen LogP contribution is -2.45. The fourth-order valence-electron chi connectivity index (χ4n) is 1.61. The third-order valence-electron chi connectivity index (χ3n) is 4.14. The molecule has 0 spiro atoms. The van der Waals surface area contributed by atoms with Gasteiger partial charge in [0.1, 0.15) is 5.60 Å². The highest BCUT2D eigenvalue weighted by molar-refractivity contribution is 6.74. The number of amides is 1. The van der Waals surface area contributed by atoms with Crippen molar-refractivity contribution in [2.75, 3.05) is 19.7 Å². The van der Waals surface area contributed by atoms with Crippen LogP contribution in [0.1, 0.15) is 54.9 Å². The minimum Gasteiger partial charge on any atom is -0.444 e. The Morgan fingerprint density at radius 3 is 2.04 bits per heavy atom. The zero-order valence-electron chi connectivity index (χ0n) is 16.7. The predicted molar refractivity (Wildman–Crippen MR) is 99.2 cm³/mol. The van der Waals surface area contributed by atoms with Gasteiger partial charge in [-0.3, -0.25) is 0 Å². The molecular weight excluding hydrogens is 308 g/mol. The van der Waals surface area contributed by atoms with Crippen LogP contribution in [0.4, 0.5) is 4.79 Å². The van der Waals surface area contributed by atoms with Crippen molar-refractivity contribution in [1.29, 1.82) is 0 Å². The minimum absolute atomic E-state index is 0.0567. The topological polar surface area (TPSA) is 64.8 Å². The number of hydrogen-bond donors (Lipinski definition) is 1. The molecule has 138 valence electrons. The molecule has 0 radical (unpaired) electrons. The second-order valence-electron chi connectivity index (χ2n) is 8.84. The highest BCUT2D eigenvalue weighted by Crippen LogP contribution is 2.36. The van der Waals surface area contributed by atoms with Crippen molar-refractivity contribution in [3.05, 3.63) is 0 Å². The number of carbonyl (C=O) groups is 1. The van der Waals surface area contributed by atoms with E-state index >= 15 is 0 Å². The molecule has 1 amide bonds. The Kier molecular flexibility index (Phi) is 8.27. The van der Waals surface area contributed by atoms with Gasteiger partial charge < -0.3 is 19.8 Å². The van der Waals surface area contributed by atoms with Gasteiger partial charge in [0, 0.05) is 19.1 Å². The van der Waals surface area contributed by atoms with Crippen molar-refractivity contribution >= 4 is 14.4 Å². The molecular formula is C17H38N2O3Si. The van der Waals surface area contributed by atoms with Gasteiger partial charge >= 0.3 is 6.09 Å². The van der Waals surface area contributed by atoms with Gasteiger partial charge in [0.05, 0.1) is 6.61 Å². The molecule has 0 aliphatic rings. The molecule has 0 saturated carbocycles. The molecule has 1 atom stereocenters. The van der Waals surface area contributed by atoms with Crippen LogP contribution in [-0.4, -0.2) is 50.6 Å². The monoisotopic (exact) mass is 346 g/mol. The zero-order chi connectivity index (χ0) is 18.5. The lowest BCUT2D eigenvalue weighted by atomic mass is 10.2. The predicted octanol–water partition coefficient (Wildman–Crippen LogP) is 3.98. The van der Waals surface area contributed by atoms with Gasteiger partial charge in [-0.1, -0.05) is 20.8 Å². The van der Waals surface area contributed by atoms with E-state index in [0.29, 0.717) is 19.7 Å². The number of nitrogens with two attached hydrogens (primary N) is 1. The first-order chi connectivity index (χ1) is 10.2. The Balaban J connectivity index is 4.68. The van der Waals surface area contributed by atoms with Crippen molar-refractivity contribution in [3.63, 3.8) is 0 Å². The summed E-state index contributed by atoms with van der Waals surface area (Å²) in [5.74, 6) is 0. The SMILES string of the molecule is CC(N)CCN(CCO[Si](C)(C)C(C)(C)C)C(=O)OC(C)(C)C. The van der Waals surface area contributed by atoms with E-state index in [4.69, 9.17) is 14.9 Å². The largest absolute Gasteiger partial charge is 0.444 e. The van der Waals surface area contributed by atoms with Gasteiger partial charge in [-0.2, -0.15) is 0 Å². The van der Waals surface area contributed by atoms with Gasteiger partial charge in [-0.05, 0) is 52.2 Å². The van der Waals surface area contributed by atoms with Crippen LogP contribution in [0.5, 0.6) is 0 Å². The Morgan fingerprint density at radius 1 is 1.13 bits per heavy atom. The maximum Gasteiger partial charge on any atom is 0.410 e. The highest BCUT2D eigenvalue weighted by atomic mass is 28.4. The second-order valence-corrected chi connectivity index (χ2v) is 13.7. The van der Waals surface area contributed by atoms with Gasteiger partial charge in [0.2, 0.25) is 0 Å². The van der Waals surface area contributed by atoms with Crippen LogP contribution in [-0.2, 0) is 9.16 Å². The molecule has 2 N–H and O–H groups in total. The molecule has 0 aliphatic heterocycles. The highest BCUT2D eigenvalue weighted by Gasteiger charge is 2.37. The normalized spacial score (nSPS) is 14.5. The molecule has 6 heteroatoms. The lowest BCUT2D eigenvalue weighted by Gasteiger charge is -2.37. The van der Waals surface area contributed by atoms with Crippen LogP contribution in [0.3, 0.4) is 0 Å². The molecule has 0 rings (SSSR count). The van der Waals surface area contributed by atoms with E-state index in [9.17, 15) is 4.79 Å². The smallest absolute Gasteiger partial charge is 0.410 e. The third kappa shape index (κ3) is 9.32. The standard InChI is InChI=1S/C17H38N2O3Si/c1-14(18)10-11-19(15(20)22-16(2,3)4)12-13-21-23(8,9)17(5,6)7/h14H,10-13,18H2,1-9H3. The van der Waals surface area contributed by atoms with E-state index in [2.05, 4.69) is 33.9 Å². The van der Waals surface area contributed by atoms with Crippen molar-refractivity contribution in [1.82, 2.24) is 4.90 Å². The van der Waals surface area contributed by atoms with Crippen LogP contribution in [0.2, 0.25) is 18.1 Å². The first-order valence-corrected chi connectivity index (χ1v) is 11.4. The quantitative estimate of drug-likeness (QED) is 0.708. The van der Waals surface area contributed by atoms with Crippen molar-refractivity contribution in [2.24, 2.45) is 5.73 Å². The number of carbonyl (C=O) groups excluding carboxylic acids is 1. The summed E-state index contributed by atoms with van der Waals surface area (Å²) in [6.45, 7) is 20.3. The van der Waals surface area contributed by atoms with Crippen molar-refractivity contribution < 1.29 is 14.0 Å². The molecule has 0 aromatic rings. The van der Waals surface area contributed by atoms with E-state index in [-0.39, 0.29) is 17.2 Å². The summed E-state index contributed by atoms with van der Waals surface area (Å²) in [6, 6.07) is 0.0567. The first-order valence-electron chi connectivity index (χ1n) is 8.53. The maximum atomic E-state index is 12.3. The Bertz CT molecular complexity index is 371. The lowest BCUT2D eigenvalue weighted by molar-refractivity contribution is 0.0218. The number of rotatable bonds is 7. The van der Waals surface area contributed by atoms with E-state index in [1.54, 1.807) is 4.90 Å². The zero-order valence-corrected chi connectivity index (χ0v) is 17.7. The summed E-state index contributed by atoms with van der Waals surface area (Å²) in [5, 5.41) is 0.162. The molecule has 1 unspecified atom stereocenters. The molecule has 23 heavy (non-hydrogen) atoms. The number of hydrogen-bond acceptors (Lipinski definition) is 4. The number of ether oxygens (including phenoxy) is 1. The minimum atomic E-state index is -1.80. The van der Waals surface area contributed by atoms with Crippen LogP contribution in [0.25, 0.3) is 0 Å². The van der Waals surface area contributed by atoms with Gasteiger partial charge in [-0.25, -0.2) is 4.79 Å². The molecule has 0 bridgehead atoms. The third-order valence-corrected chi connectivity index (χ3v) is 8.67. The molecule has 0 saturated heterocycles. The maximum absolute atomic E-state index is 12.3. The van der Waals surface area contributed by atoms with E-state index in [0.717, 1.165) is 6.42 Å². The van der Waals surface area contributed by atoms with Gasteiger partial charge in [-0.15, -0.1) is 0 Å². The van der Waals surface area contributed by atoms with Crippen LogP contribution in [0, 0.1) is 0 Å². The Morgan fingerprint density at radius 2 is 1.65 bits per heavy atom. The van der Waals surface area contributed by atoms with Crippen molar-refractivity contribution in [2.45, 2.75) is 84.7 Å². The summed E-state index contributed by atoms with van der Waals surface area (Å²) in [6.07, 6.45) is 0.455. The molecule has 0 aromatic carbocycles. The van der Waals surface area contributed by atoms with Crippen molar-refractivity contribution in [3.8, 4) is 0 Å².